The summed E-state index contributed by atoms with van der Waals surface area (Å²) in [6, 6.07) is 13.5. The van der Waals surface area contributed by atoms with Crippen molar-refractivity contribution in [2.75, 3.05) is 30.0 Å². The number of aryl methyl sites for hydroxylation is 1. The Labute approximate surface area is 196 Å². The van der Waals surface area contributed by atoms with Crippen LogP contribution in [0.25, 0.3) is 21.9 Å². The zero-order valence-corrected chi connectivity index (χ0v) is 18.8. The van der Waals surface area contributed by atoms with E-state index in [1.807, 2.05) is 36.4 Å². The van der Waals surface area contributed by atoms with Crippen LogP contribution in [0.2, 0.25) is 0 Å². The molecule has 0 bridgehead atoms. The van der Waals surface area contributed by atoms with Crippen LogP contribution in [0.3, 0.4) is 0 Å². The van der Waals surface area contributed by atoms with Crippen molar-refractivity contribution in [3.05, 3.63) is 72.7 Å². The molecule has 2 aromatic heterocycles. The van der Waals surface area contributed by atoms with Gasteiger partial charge in [-0.05, 0) is 29.1 Å². The van der Waals surface area contributed by atoms with E-state index in [-0.39, 0.29) is 23.8 Å². The van der Waals surface area contributed by atoms with Crippen LogP contribution in [0.4, 0.5) is 17.2 Å². The van der Waals surface area contributed by atoms with Gasteiger partial charge >= 0.3 is 0 Å². The molecule has 0 unspecified atom stereocenters. The Morgan fingerprint density at radius 2 is 2.03 bits per heavy atom. The van der Waals surface area contributed by atoms with E-state index in [2.05, 4.69) is 27.3 Å². The second-order valence-corrected chi connectivity index (χ2v) is 7.66. The summed E-state index contributed by atoms with van der Waals surface area (Å²) in [5, 5.41) is 21.0. The maximum Gasteiger partial charge on any atom is 0.259 e. The van der Waals surface area contributed by atoms with E-state index in [4.69, 9.17) is 15.7 Å². The first-order valence-electron chi connectivity index (χ1n) is 10.4. The third-order valence-corrected chi connectivity index (χ3v) is 5.30. The number of methoxy groups -OCH3 is 1. The number of nitrogens with zero attached hydrogens (tertiary/aromatic N) is 4. The molecule has 1 amide bonds. The molecule has 9 heteroatoms. The number of amides is 1. The predicted molar refractivity (Wildman–Crippen MR) is 133 cm³/mol. The van der Waals surface area contributed by atoms with Crippen LogP contribution in [0, 0.1) is 11.3 Å². The SMILES string of the molecule is C=C(C#N)CNc1c(OC)ccc2ccc(-c3cnc(N)c(C(=O)Nc4cnn(C)c4)c3)cc12. The van der Waals surface area contributed by atoms with Crippen LogP contribution >= 0.6 is 0 Å². The average molecular weight is 454 g/mol. The van der Waals surface area contributed by atoms with Gasteiger partial charge in [-0.15, -0.1) is 0 Å². The van der Waals surface area contributed by atoms with Gasteiger partial charge in [0.2, 0.25) is 0 Å². The zero-order valence-electron chi connectivity index (χ0n) is 18.8. The lowest BCUT2D eigenvalue weighted by molar-refractivity contribution is 0.102. The van der Waals surface area contributed by atoms with Crippen molar-refractivity contribution in [2.45, 2.75) is 0 Å². The van der Waals surface area contributed by atoms with Crippen molar-refractivity contribution in [2.24, 2.45) is 7.05 Å². The van der Waals surface area contributed by atoms with Crippen molar-refractivity contribution < 1.29 is 9.53 Å². The lowest BCUT2D eigenvalue weighted by atomic mass is 9.99. The fraction of sp³-hybridized carbons (Fsp3) is 0.120. The molecule has 4 rings (SSSR count). The molecule has 0 aliphatic carbocycles. The van der Waals surface area contributed by atoms with Gasteiger partial charge in [-0.2, -0.15) is 10.4 Å². The highest BCUT2D eigenvalue weighted by Gasteiger charge is 2.15. The number of pyridine rings is 1. The standard InChI is InChI=1S/C25H23N7O2/c1-15(10-26)11-28-23-20-8-17(5-4-16(20)6-7-22(23)34-3)18-9-21(24(27)29-12-18)25(33)31-19-13-30-32(2)14-19/h4-9,12-14,28H,1,11H2,2-3H3,(H2,27,29)(H,31,33). The van der Waals surface area contributed by atoms with E-state index in [9.17, 15) is 4.79 Å². The molecule has 0 fully saturated rings. The van der Waals surface area contributed by atoms with Gasteiger partial charge in [0, 0.05) is 42.5 Å². The summed E-state index contributed by atoms with van der Waals surface area (Å²) in [5.41, 5.74) is 9.54. The van der Waals surface area contributed by atoms with E-state index in [0.717, 1.165) is 27.6 Å². The maximum absolute atomic E-state index is 12.8. The van der Waals surface area contributed by atoms with Gasteiger partial charge in [0.05, 0.1) is 36.3 Å². The Hall–Kier alpha value is -4.84. The number of aromatic nitrogens is 3. The number of nitriles is 1. The highest BCUT2D eigenvalue weighted by atomic mass is 16.5. The van der Waals surface area contributed by atoms with Crippen molar-refractivity contribution in [3.8, 4) is 22.9 Å². The van der Waals surface area contributed by atoms with Crippen LogP contribution in [0.5, 0.6) is 5.75 Å². The van der Waals surface area contributed by atoms with Gasteiger partial charge in [-0.1, -0.05) is 24.8 Å². The van der Waals surface area contributed by atoms with Crippen LogP contribution in [-0.2, 0) is 7.05 Å². The molecule has 0 saturated carbocycles. The molecule has 0 atom stereocenters. The number of rotatable bonds is 7. The molecule has 0 radical (unpaired) electrons. The van der Waals surface area contributed by atoms with Gasteiger partial charge in [0.15, 0.2) is 0 Å². The molecular weight excluding hydrogens is 430 g/mol. The predicted octanol–water partition coefficient (Wildman–Crippen LogP) is 3.97. The van der Waals surface area contributed by atoms with Crippen LogP contribution in [-0.4, -0.2) is 34.3 Å². The highest BCUT2D eigenvalue weighted by molar-refractivity contribution is 6.08. The van der Waals surface area contributed by atoms with E-state index in [0.29, 0.717) is 17.0 Å². The summed E-state index contributed by atoms with van der Waals surface area (Å²) < 4.78 is 7.12. The molecular formula is C25H23N7O2. The molecule has 0 aliphatic rings. The van der Waals surface area contributed by atoms with E-state index in [1.54, 1.807) is 43.5 Å². The summed E-state index contributed by atoms with van der Waals surface area (Å²) >= 11 is 0. The number of fused-ring (bicyclic) bond motifs is 1. The number of hydrogen-bond donors (Lipinski definition) is 3. The summed E-state index contributed by atoms with van der Waals surface area (Å²) in [4.78, 5) is 17.1. The first-order valence-corrected chi connectivity index (χ1v) is 10.4. The first kappa shape index (κ1) is 22.4. The third kappa shape index (κ3) is 4.52. The minimum Gasteiger partial charge on any atom is -0.495 e. The normalized spacial score (nSPS) is 10.5. The number of ether oxygens (including phenoxy) is 1. The fourth-order valence-corrected chi connectivity index (χ4v) is 3.57. The van der Waals surface area contributed by atoms with E-state index in [1.165, 1.54) is 0 Å². The van der Waals surface area contributed by atoms with Crippen LogP contribution in [0.1, 0.15) is 10.4 Å². The zero-order chi connectivity index (χ0) is 24.2. The Morgan fingerprint density at radius 1 is 1.24 bits per heavy atom. The largest absolute Gasteiger partial charge is 0.495 e. The van der Waals surface area contributed by atoms with Crippen LogP contribution in [0.15, 0.2) is 67.1 Å². The molecule has 4 N–H and O–H groups in total. The molecule has 4 aromatic rings. The van der Waals surface area contributed by atoms with E-state index >= 15 is 0 Å². The number of anilines is 3. The molecule has 0 aliphatic heterocycles. The molecule has 0 spiro atoms. The summed E-state index contributed by atoms with van der Waals surface area (Å²) in [6.45, 7) is 4.02. The van der Waals surface area contributed by atoms with Gasteiger partial charge in [0.25, 0.3) is 5.91 Å². The van der Waals surface area contributed by atoms with Gasteiger partial charge in [0.1, 0.15) is 11.6 Å². The maximum atomic E-state index is 12.8. The number of hydrogen-bond acceptors (Lipinski definition) is 7. The summed E-state index contributed by atoms with van der Waals surface area (Å²) in [6.07, 6.45) is 4.87. The second kappa shape index (κ2) is 9.34. The van der Waals surface area contributed by atoms with Gasteiger partial charge < -0.3 is 21.1 Å². The number of nitrogens with one attached hydrogen (secondary N) is 2. The van der Waals surface area contributed by atoms with E-state index < -0.39 is 0 Å². The molecule has 34 heavy (non-hydrogen) atoms. The number of benzene rings is 2. The Balaban J connectivity index is 1.73. The average Bonchev–Trinajstić information content (AvgIpc) is 3.26. The molecule has 2 heterocycles. The first-order chi connectivity index (χ1) is 16.4. The molecule has 170 valence electrons. The smallest absolute Gasteiger partial charge is 0.259 e. The number of nitrogen functional groups attached to an aromatic ring is 1. The monoisotopic (exact) mass is 453 g/mol. The van der Waals surface area contributed by atoms with Crippen molar-refractivity contribution in [3.63, 3.8) is 0 Å². The topological polar surface area (TPSA) is 131 Å². The van der Waals surface area contributed by atoms with Crippen LogP contribution < -0.4 is 21.1 Å². The van der Waals surface area contributed by atoms with Crippen molar-refractivity contribution in [1.82, 2.24) is 14.8 Å². The van der Waals surface area contributed by atoms with Gasteiger partial charge in [-0.25, -0.2) is 4.98 Å². The number of carbonyl (C=O) groups is 1. The quantitative estimate of drug-likeness (QED) is 0.361. The minimum absolute atomic E-state index is 0.130. The highest BCUT2D eigenvalue weighted by Crippen LogP contribution is 2.36. The number of nitrogens with two attached hydrogens (primary N) is 1. The molecule has 9 nitrogen and oxygen atoms in total. The minimum atomic E-state index is -0.375. The Kier molecular flexibility index (Phi) is 6.14. The molecule has 2 aromatic carbocycles. The lowest BCUT2D eigenvalue weighted by Gasteiger charge is -2.15. The van der Waals surface area contributed by atoms with Crippen molar-refractivity contribution in [1.29, 1.82) is 5.26 Å². The molecule has 0 saturated heterocycles. The Bertz CT molecular complexity index is 1450. The second-order valence-electron chi connectivity index (χ2n) is 7.66. The Morgan fingerprint density at radius 3 is 2.74 bits per heavy atom. The lowest BCUT2D eigenvalue weighted by Crippen LogP contribution is -2.14. The van der Waals surface area contributed by atoms with Crippen molar-refractivity contribution >= 4 is 33.9 Å². The summed E-state index contributed by atoms with van der Waals surface area (Å²) in [7, 11) is 3.35. The van der Waals surface area contributed by atoms with Gasteiger partial charge in [-0.3, -0.25) is 9.48 Å². The fourth-order valence-electron chi connectivity index (χ4n) is 3.57. The number of carbonyl (C=O) groups excluding carboxylic acids is 1. The third-order valence-electron chi connectivity index (χ3n) is 5.30. The summed E-state index contributed by atoms with van der Waals surface area (Å²) in [5.74, 6) is 0.395.